The molecule has 1 aromatic carbocycles. The molecule has 0 bridgehead atoms. The van der Waals surface area contributed by atoms with E-state index < -0.39 is 0 Å². The van der Waals surface area contributed by atoms with Crippen LogP contribution in [0.4, 0.5) is 0 Å². The van der Waals surface area contributed by atoms with Gasteiger partial charge in [-0.05, 0) is 37.5 Å². The number of nitrogens with zero attached hydrogens (tertiary/aromatic N) is 1. The van der Waals surface area contributed by atoms with Crippen LogP contribution in [0.5, 0.6) is 5.75 Å². The quantitative estimate of drug-likeness (QED) is 0.506. The molecule has 18 heavy (non-hydrogen) atoms. The molecule has 1 aliphatic heterocycles. The lowest BCUT2D eigenvalue weighted by atomic mass is 9.71. The van der Waals surface area contributed by atoms with Crippen LogP contribution in [0.1, 0.15) is 25.3 Å². The van der Waals surface area contributed by atoms with E-state index in [-0.39, 0.29) is 5.41 Å². The van der Waals surface area contributed by atoms with Gasteiger partial charge in [0.05, 0.1) is 7.11 Å². The lowest BCUT2D eigenvalue weighted by Crippen LogP contribution is -2.40. The van der Waals surface area contributed by atoms with E-state index in [0.717, 1.165) is 37.5 Å². The zero-order valence-electron chi connectivity index (χ0n) is 11.0. The first-order valence-corrected chi connectivity index (χ1v) is 6.20. The first-order chi connectivity index (χ1) is 8.73. The van der Waals surface area contributed by atoms with Gasteiger partial charge in [0.1, 0.15) is 5.75 Å². The van der Waals surface area contributed by atoms with E-state index in [4.69, 9.17) is 15.3 Å². The van der Waals surface area contributed by atoms with Gasteiger partial charge in [0.25, 0.3) is 0 Å². The van der Waals surface area contributed by atoms with E-state index >= 15 is 0 Å². The van der Waals surface area contributed by atoms with E-state index in [9.17, 15) is 0 Å². The lowest BCUT2D eigenvalue weighted by Gasteiger charge is -2.37. The van der Waals surface area contributed by atoms with Gasteiger partial charge in [0.15, 0.2) is 0 Å². The second-order valence-electron chi connectivity index (χ2n) is 4.64. The third-order valence-electron chi connectivity index (χ3n) is 3.88. The number of rotatable bonds is 3. The molecule has 0 spiro atoms. The van der Waals surface area contributed by atoms with Gasteiger partial charge in [-0.2, -0.15) is 5.10 Å². The SMILES string of the molecule is COc1ccc(C2(C(C)=NN)CCOCC2)cc1. The summed E-state index contributed by atoms with van der Waals surface area (Å²) in [5.74, 6) is 6.37. The van der Waals surface area contributed by atoms with Crippen molar-refractivity contribution in [1.29, 1.82) is 0 Å². The van der Waals surface area contributed by atoms with Gasteiger partial charge in [0, 0.05) is 24.3 Å². The van der Waals surface area contributed by atoms with E-state index in [1.54, 1.807) is 7.11 Å². The summed E-state index contributed by atoms with van der Waals surface area (Å²) in [6.45, 7) is 3.49. The van der Waals surface area contributed by atoms with Crippen LogP contribution in [0.15, 0.2) is 29.4 Å². The summed E-state index contributed by atoms with van der Waals surface area (Å²) < 4.78 is 10.7. The molecule has 0 atom stereocenters. The van der Waals surface area contributed by atoms with E-state index in [1.807, 2.05) is 19.1 Å². The molecule has 1 fully saturated rings. The summed E-state index contributed by atoms with van der Waals surface area (Å²) in [5.41, 5.74) is 2.12. The maximum Gasteiger partial charge on any atom is 0.118 e. The summed E-state index contributed by atoms with van der Waals surface area (Å²) in [7, 11) is 1.67. The van der Waals surface area contributed by atoms with Crippen LogP contribution in [-0.2, 0) is 10.2 Å². The van der Waals surface area contributed by atoms with Gasteiger partial charge >= 0.3 is 0 Å². The largest absolute Gasteiger partial charge is 0.497 e. The molecule has 0 aromatic heterocycles. The Hall–Kier alpha value is -1.55. The third-order valence-corrected chi connectivity index (χ3v) is 3.88. The number of hydrazone groups is 1. The second kappa shape index (κ2) is 5.40. The van der Waals surface area contributed by atoms with Crippen molar-refractivity contribution in [2.45, 2.75) is 25.2 Å². The van der Waals surface area contributed by atoms with E-state index in [0.29, 0.717) is 0 Å². The summed E-state index contributed by atoms with van der Waals surface area (Å²) in [4.78, 5) is 0. The fraction of sp³-hybridized carbons (Fsp3) is 0.500. The Bertz CT molecular complexity index is 420. The van der Waals surface area contributed by atoms with Gasteiger partial charge in [-0.25, -0.2) is 0 Å². The molecule has 0 unspecified atom stereocenters. The molecule has 1 heterocycles. The maximum absolute atomic E-state index is 5.50. The Morgan fingerprint density at radius 1 is 1.28 bits per heavy atom. The summed E-state index contributed by atoms with van der Waals surface area (Å²) in [6, 6.07) is 8.16. The first kappa shape index (κ1) is 12.9. The van der Waals surface area contributed by atoms with Crippen LogP contribution in [-0.4, -0.2) is 26.0 Å². The highest BCUT2D eigenvalue weighted by Gasteiger charge is 2.37. The highest BCUT2D eigenvalue weighted by atomic mass is 16.5. The van der Waals surface area contributed by atoms with Crippen LogP contribution < -0.4 is 10.6 Å². The molecular weight excluding hydrogens is 228 g/mol. The van der Waals surface area contributed by atoms with Gasteiger partial charge < -0.3 is 15.3 Å². The Balaban J connectivity index is 2.39. The molecule has 4 nitrogen and oxygen atoms in total. The predicted molar refractivity (Wildman–Crippen MR) is 72.0 cm³/mol. The van der Waals surface area contributed by atoms with Crippen molar-refractivity contribution in [3.05, 3.63) is 29.8 Å². The molecule has 4 heteroatoms. The van der Waals surface area contributed by atoms with Gasteiger partial charge in [0.2, 0.25) is 0 Å². The fourth-order valence-corrected chi connectivity index (χ4v) is 2.61. The molecule has 2 rings (SSSR count). The van der Waals surface area contributed by atoms with Crippen molar-refractivity contribution in [2.75, 3.05) is 20.3 Å². The Morgan fingerprint density at radius 3 is 2.39 bits per heavy atom. The van der Waals surface area contributed by atoms with Crippen molar-refractivity contribution in [3.8, 4) is 5.75 Å². The molecular formula is C14H20N2O2. The maximum atomic E-state index is 5.50. The average molecular weight is 248 g/mol. The molecule has 1 aromatic rings. The Labute approximate surface area is 108 Å². The van der Waals surface area contributed by atoms with Crippen LogP contribution >= 0.6 is 0 Å². The van der Waals surface area contributed by atoms with Crippen molar-refractivity contribution in [2.24, 2.45) is 10.9 Å². The Kier molecular flexibility index (Phi) is 3.87. The van der Waals surface area contributed by atoms with Crippen LogP contribution in [0, 0.1) is 0 Å². The highest BCUT2D eigenvalue weighted by molar-refractivity contribution is 5.93. The minimum absolute atomic E-state index is 0.0841. The molecule has 0 aliphatic carbocycles. The van der Waals surface area contributed by atoms with Crippen molar-refractivity contribution in [1.82, 2.24) is 0 Å². The number of hydrogen-bond acceptors (Lipinski definition) is 4. The monoisotopic (exact) mass is 248 g/mol. The summed E-state index contributed by atoms with van der Waals surface area (Å²) in [5, 5.41) is 3.93. The number of hydrogen-bond donors (Lipinski definition) is 1. The van der Waals surface area contributed by atoms with Gasteiger partial charge in [-0.1, -0.05) is 12.1 Å². The van der Waals surface area contributed by atoms with Crippen LogP contribution in [0.2, 0.25) is 0 Å². The molecule has 98 valence electrons. The smallest absolute Gasteiger partial charge is 0.118 e. The van der Waals surface area contributed by atoms with Crippen molar-refractivity contribution < 1.29 is 9.47 Å². The summed E-state index contributed by atoms with van der Waals surface area (Å²) >= 11 is 0. The zero-order valence-corrected chi connectivity index (χ0v) is 11.0. The summed E-state index contributed by atoms with van der Waals surface area (Å²) in [6.07, 6.45) is 1.84. The molecule has 2 N–H and O–H groups in total. The minimum atomic E-state index is -0.0841. The highest BCUT2D eigenvalue weighted by Crippen LogP contribution is 2.36. The predicted octanol–water partition coefficient (Wildman–Crippen LogP) is 2.08. The number of methoxy groups -OCH3 is 1. The number of ether oxygens (including phenoxy) is 2. The van der Waals surface area contributed by atoms with Crippen molar-refractivity contribution in [3.63, 3.8) is 0 Å². The van der Waals surface area contributed by atoms with Crippen LogP contribution in [0.25, 0.3) is 0 Å². The molecule has 0 saturated carbocycles. The second-order valence-corrected chi connectivity index (χ2v) is 4.64. The normalized spacial score (nSPS) is 19.6. The standard InChI is InChI=1S/C14H20N2O2/c1-11(16-15)14(7-9-18-10-8-14)12-3-5-13(17-2)6-4-12/h3-6H,7-10,15H2,1-2H3. The minimum Gasteiger partial charge on any atom is -0.497 e. The average Bonchev–Trinajstić information content (AvgIpc) is 2.47. The van der Waals surface area contributed by atoms with Crippen LogP contribution in [0.3, 0.4) is 0 Å². The van der Waals surface area contributed by atoms with E-state index in [1.165, 1.54) is 5.56 Å². The van der Waals surface area contributed by atoms with Gasteiger partial charge in [-0.15, -0.1) is 0 Å². The molecule has 0 radical (unpaired) electrons. The lowest BCUT2D eigenvalue weighted by molar-refractivity contribution is 0.0706. The molecule has 1 saturated heterocycles. The topological polar surface area (TPSA) is 56.8 Å². The Morgan fingerprint density at radius 2 is 1.89 bits per heavy atom. The first-order valence-electron chi connectivity index (χ1n) is 6.20. The molecule has 1 aliphatic rings. The number of benzene rings is 1. The zero-order chi connectivity index (χ0) is 13.0. The third kappa shape index (κ3) is 2.20. The van der Waals surface area contributed by atoms with Gasteiger partial charge in [-0.3, -0.25) is 0 Å². The fourth-order valence-electron chi connectivity index (χ4n) is 2.61. The molecule has 0 amide bonds. The van der Waals surface area contributed by atoms with E-state index in [2.05, 4.69) is 17.2 Å². The number of nitrogens with two attached hydrogens (primary N) is 1. The van der Waals surface area contributed by atoms with Crippen molar-refractivity contribution >= 4 is 5.71 Å².